The number of nitrogens with one attached hydrogen (secondary N) is 1. The van der Waals surface area contributed by atoms with Crippen molar-refractivity contribution in [1.29, 1.82) is 0 Å². The third-order valence-corrected chi connectivity index (χ3v) is 5.33. The summed E-state index contributed by atoms with van der Waals surface area (Å²) in [5, 5.41) is 16.4. The van der Waals surface area contributed by atoms with Gasteiger partial charge >= 0.3 is 0 Å². The van der Waals surface area contributed by atoms with E-state index in [2.05, 4.69) is 10.3 Å². The number of hydrogen-bond donors (Lipinski definition) is 1. The van der Waals surface area contributed by atoms with E-state index in [0.717, 1.165) is 38.0 Å². The average molecular weight is 360 g/mol. The zero-order valence-corrected chi connectivity index (χ0v) is 14.8. The van der Waals surface area contributed by atoms with E-state index in [1.807, 2.05) is 11.9 Å². The Bertz CT molecular complexity index is 752. The molecule has 2 aromatic rings. The molecule has 0 atom stereocenters. The van der Waals surface area contributed by atoms with Crippen molar-refractivity contribution in [2.24, 2.45) is 5.92 Å². The molecule has 1 amide bonds. The van der Waals surface area contributed by atoms with Crippen molar-refractivity contribution in [3.63, 3.8) is 0 Å². The van der Waals surface area contributed by atoms with Crippen LogP contribution in [-0.4, -0.2) is 47.4 Å². The van der Waals surface area contributed by atoms with Crippen LogP contribution in [0.15, 0.2) is 29.6 Å². The second kappa shape index (κ2) is 7.71. The third-order valence-electron chi connectivity index (χ3n) is 4.44. The van der Waals surface area contributed by atoms with Gasteiger partial charge in [-0.15, -0.1) is 11.3 Å². The maximum Gasteiger partial charge on any atom is 0.273 e. The fraction of sp³-hybridized carbons (Fsp3) is 0.412. The maximum atomic E-state index is 12.6. The van der Waals surface area contributed by atoms with Gasteiger partial charge in [-0.3, -0.25) is 14.9 Å². The number of rotatable bonds is 5. The molecular weight excluding hydrogens is 340 g/mol. The van der Waals surface area contributed by atoms with Gasteiger partial charge in [-0.1, -0.05) is 0 Å². The van der Waals surface area contributed by atoms with Crippen LogP contribution >= 0.6 is 11.3 Å². The molecule has 0 bridgehead atoms. The van der Waals surface area contributed by atoms with E-state index < -0.39 is 4.92 Å². The molecule has 7 nitrogen and oxygen atoms in total. The lowest BCUT2D eigenvalue weighted by Crippen LogP contribution is -2.40. The predicted molar refractivity (Wildman–Crippen MR) is 96.8 cm³/mol. The van der Waals surface area contributed by atoms with Gasteiger partial charge in [0.1, 0.15) is 10.7 Å². The molecule has 1 aromatic heterocycles. The van der Waals surface area contributed by atoms with Crippen molar-refractivity contribution in [3.8, 4) is 10.6 Å². The minimum absolute atomic E-state index is 0.0349. The Morgan fingerprint density at radius 1 is 1.36 bits per heavy atom. The highest BCUT2D eigenvalue weighted by molar-refractivity contribution is 7.13. The molecule has 0 unspecified atom stereocenters. The average Bonchev–Trinajstić information content (AvgIpc) is 3.12. The summed E-state index contributed by atoms with van der Waals surface area (Å²) in [5.41, 5.74) is 1.27. The van der Waals surface area contributed by atoms with Crippen LogP contribution in [0.3, 0.4) is 0 Å². The molecule has 1 aliphatic heterocycles. The third kappa shape index (κ3) is 4.02. The summed E-state index contributed by atoms with van der Waals surface area (Å²) in [6, 6.07) is 6.22. The first-order valence-electron chi connectivity index (χ1n) is 8.22. The number of nitro benzene ring substituents is 1. The molecule has 3 rings (SSSR count). The molecule has 0 saturated carbocycles. The summed E-state index contributed by atoms with van der Waals surface area (Å²) < 4.78 is 0. The normalized spacial score (nSPS) is 15.3. The summed E-state index contributed by atoms with van der Waals surface area (Å²) >= 11 is 1.38. The molecule has 25 heavy (non-hydrogen) atoms. The van der Waals surface area contributed by atoms with Crippen molar-refractivity contribution >= 4 is 22.9 Å². The summed E-state index contributed by atoms with van der Waals surface area (Å²) in [4.78, 5) is 29.2. The number of carbonyl (C=O) groups is 1. The van der Waals surface area contributed by atoms with Crippen LogP contribution in [0.2, 0.25) is 0 Å². The molecule has 0 spiro atoms. The van der Waals surface area contributed by atoms with Crippen LogP contribution < -0.4 is 5.32 Å². The quantitative estimate of drug-likeness (QED) is 0.654. The van der Waals surface area contributed by atoms with Gasteiger partial charge in [0.05, 0.1) is 4.92 Å². The van der Waals surface area contributed by atoms with Gasteiger partial charge < -0.3 is 10.2 Å². The Kier molecular flexibility index (Phi) is 5.40. The molecule has 0 radical (unpaired) electrons. The van der Waals surface area contributed by atoms with Gasteiger partial charge in [0.25, 0.3) is 11.6 Å². The first-order valence-corrected chi connectivity index (χ1v) is 9.10. The maximum absolute atomic E-state index is 12.6. The van der Waals surface area contributed by atoms with E-state index in [-0.39, 0.29) is 11.6 Å². The van der Waals surface area contributed by atoms with E-state index in [1.54, 1.807) is 17.5 Å². The van der Waals surface area contributed by atoms with Crippen LogP contribution in [0.1, 0.15) is 23.3 Å². The molecule has 1 aromatic carbocycles. The van der Waals surface area contributed by atoms with Crippen molar-refractivity contribution in [2.75, 3.05) is 26.7 Å². The molecule has 0 aliphatic carbocycles. The molecular formula is C17H20N4O3S. The van der Waals surface area contributed by atoms with Gasteiger partial charge in [-0.05, 0) is 44.5 Å². The number of nitro groups is 1. The van der Waals surface area contributed by atoms with Gasteiger partial charge in [-0.25, -0.2) is 4.98 Å². The van der Waals surface area contributed by atoms with E-state index in [0.29, 0.717) is 16.6 Å². The van der Waals surface area contributed by atoms with E-state index >= 15 is 0 Å². The van der Waals surface area contributed by atoms with Gasteiger partial charge in [-0.2, -0.15) is 0 Å². The zero-order chi connectivity index (χ0) is 17.8. The molecule has 8 heteroatoms. The second-order valence-electron chi connectivity index (χ2n) is 6.14. The van der Waals surface area contributed by atoms with Crippen LogP contribution in [0.5, 0.6) is 0 Å². The zero-order valence-electron chi connectivity index (χ0n) is 14.0. The van der Waals surface area contributed by atoms with E-state index in [9.17, 15) is 14.9 Å². The lowest BCUT2D eigenvalue weighted by Gasteiger charge is -2.31. The Balaban J connectivity index is 1.67. The highest BCUT2D eigenvalue weighted by Gasteiger charge is 2.25. The highest BCUT2D eigenvalue weighted by Crippen LogP contribution is 2.27. The highest BCUT2D eigenvalue weighted by atomic mass is 32.1. The van der Waals surface area contributed by atoms with Gasteiger partial charge in [0.2, 0.25) is 0 Å². The first-order chi connectivity index (χ1) is 12.1. The monoisotopic (exact) mass is 360 g/mol. The van der Waals surface area contributed by atoms with Crippen LogP contribution in [-0.2, 0) is 0 Å². The van der Waals surface area contributed by atoms with Crippen molar-refractivity contribution < 1.29 is 9.72 Å². The van der Waals surface area contributed by atoms with E-state index in [1.165, 1.54) is 23.5 Å². The molecule has 1 saturated heterocycles. The molecule has 1 N–H and O–H groups in total. The summed E-state index contributed by atoms with van der Waals surface area (Å²) in [6.45, 7) is 2.51. The van der Waals surface area contributed by atoms with Crippen molar-refractivity contribution in [3.05, 3.63) is 45.5 Å². The summed E-state index contributed by atoms with van der Waals surface area (Å²) in [5.74, 6) is 0.590. The number of aromatic nitrogens is 1. The number of nitrogens with zero attached hydrogens (tertiary/aromatic N) is 3. The van der Waals surface area contributed by atoms with Gasteiger partial charge in [0.15, 0.2) is 0 Å². The van der Waals surface area contributed by atoms with Crippen molar-refractivity contribution in [1.82, 2.24) is 15.2 Å². The molecule has 132 valence electrons. The number of likely N-dealkylation sites (tertiary alicyclic amines) is 1. The fourth-order valence-electron chi connectivity index (χ4n) is 3.02. The van der Waals surface area contributed by atoms with Crippen LogP contribution in [0, 0.1) is 16.0 Å². The Hall–Kier alpha value is -2.32. The number of piperidine rings is 1. The Morgan fingerprint density at radius 2 is 2.04 bits per heavy atom. The molecule has 1 aliphatic rings. The number of benzene rings is 1. The predicted octanol–water partition coefficient (Wildman–Crippen LogP) is 2.79. The fourth-order valence-corrected chi connectivity index (χ4v) is 3.82. The standard InChI is InChI=1S/C17H20N4O3S/c1-18-10-12-6-8-20(9-7-12)17(22)15-11-25-16(19-15)13-2-4-14(5-3-13)21(23)24/h2-5,11-12,18H,6-10H2,1H3. The number of carbonyl (C=O) groups excluding carboxylic acids is 1. The SMILES string of the molecule is CNCC1CCN(C(=O)c2csc(-c3ccc([N+](=O)[O-])cc3)n2)CC1. The summed E-state index contributed by atoms with van der Waals surface area (Å²) in [6.07, 6.45) is 2.01. The number of amides is 1. The lowest BCUT2D eigenvalue weighted by atomic mass is 9.97. The molecule has 1 fully saturated rings. The number of hydrogen-bond acceptors (Lipinski definition) is 6. The van der Waals surface area contributed by atoms with E-state index in [4.69, 9.17) is 0 Å². The number of non-ortho nitro benzene ring substituents is 1. The Morgan fingerprint density at radius 3 is 2.64 bits per heavy atom. The van der Waals surface area contributed by atoms with Crippen LogP contribution in [0.4, 0.5) is 5.69 Å². The smallest absolute Gasteiger partial charge is 0.273 e. The van der Waals surface area contributed by atoms with Crippen molar-refractivity contribution in [2.45, 2.75) is 12.8 Å². The van der Waals surface area contributed by atoms with Gasteiger partial charge in [0, 0.05) is 36.2 Å². The Labute approximate surface area is 149 Å². The minimum Gasteiger partial charge on any atom is -0.337 e. The summed E-state index contributed by atoms with van der Waals surface area (Å²) in [7, 11) is 1.95. The minimum atomic E-state index is -0.432. The second-order valence-corrected chi connectivity index (χ2v) is 6.99. The number of thiazole rings is 1. The largest absolute Gasteiger partial charge is 0.337 e. The first kappa shape index (κ1) is 17.5. The molecule has 2 heterocycles. The lowest BCUT2D eigenvalue weighted by molar-refractivity contribution is -0.384. The topological polar surface area (TPSA) is 88.4 Å². The van der Waals surface area contributed by atoms with Crippen LogP contribution in [0.25, 0.3) is 10.6 Å².